The molecule has 4 N–H and O–H groups in total. The van der Waals surface area contributed by atoms with Gasteiger partial charge in [-0.1, -0.05) is 6.07 Å². The first-order chi connectivity index (χ1) is 14.4. The fourth-order valence-corrected chi connectivity index (χ4v) is 3.14. The zero-order valence-corrected chi connectivity index (χ0v) is 16.0. The van der Waals surface area contributed by atoms with Gasteiger partial charge in [-0.15, -0.1) is 0 Å². The topological polar surface area (TPSA) is 108 Å². The van der Waals surface area contributed by atoms with Crippen molar-refractivity contribution in [3.8, 4) is 0 Å². The minimum absolute atomic E-state index is 0.0624. The van der Waals surface area contributed by atoms with Gasteiger partial charge in [0.2, 0.25) is 0 Å². The molecule has 0 aromatic heterocycles. The number of nitrogens with one attached hydrogen (secondary N) is 2. The number of carbonyl (C=O) groups excluding carboxylic acids is 3. The van der Waals surface area contributed by atoms with Crippen LogP contribution in [0.2, 0.25) is 0 Å². The molecule has 0 aliphatic carbocycles. The van der Waals surface area contributed by atoms with Crippen molar-refractivity contribution in [2.75, 3.05) is 31.5 Å². The van der Waals surface area contributed by atoms with Crippen LogP contribution in [0.25, 0.3) is 0 Å². The van der Waals surface area contributed by atoms with Crippen molar-refractivity contribution in [3.05, 3.63) is 65.7 Å². The lowest BCUT2D eigenvalue weighted by Gasteiger charge is -2.29. The van der Waals surface area contributed by atoms with Gasteiger partial charge in [0.25, 0.3) is 11.8 Å². The van der Waals surface area contributed by atoms with Crippen LogP contribution in [-0.4, -0.2) is 60.0 Å². The maximum absolute atomic E-state index is 13.5. The summed E-state index contributed by atoms with van der Waals surface area (Å²) < 4.78 is 26.6. The van der Waals surface area contributed by atoms with Gasteiger partial charge < -0.3 is 21.3 Å². The van der Waals surface area contributed by atoms with Gasteiger partial charge in [0, 0.05) is 37.4 Å². The molecule has 1 saturated heterocycles. The van der Waals surface area contributed by atoms with Crippen molar-refractivity contribution in [1.82, 2.24) is 15.1 Å². The highest BCUT2D eigenvalue weighted by molar-refractivity contribution is 6.00. The van der Waals surface area contributed by atoms with Crippen molar-refractivity contribution >= 4 is 23.5 Å². The first kappa shape index (κ1) is 21.2. The Hall–Kier alpha value is -3.53. The number of anilines is 1. The maximum Gasteiger partial charge on any atom is 0.323 e. The molecule has 4 amide bonds. The van der Waals surface area contributed by atoms with Crippen LogP contribution in [0.4, 0.5) is 19.3 Å². The third-order valence-corrected chi connectivity index (χ3v) is 4.54. The molecule has 0 bridgehead atoms. The molecule has 0 saturated carbocycles. The van der Waals surface area contributed by atoms with E-state index in [4.69, 9.17) is 5.73 Å². The number of nitrogens with zero attached hydrogens (tertiary/aromatic N) is 2. The number of carbonyl (C=O) groups is 3. The van der Waals surface area contributed by atoms with Crippen molar-refractivity contribution in [2.24, 2.45) is 5.73 Å². The zero-order valence-electron chi connectivity index (χ0n) is 16.0. The van der Waals surface area contributed by atoms with Gasteiger partial charge in [0.15, 0.2) is 6.17 Å². The van der Waals surface area contributed by atoms with E-state index in [1.807, 2.05) is 0 Å². The minimum atomic E-state index is -1.24. The third kappa shape index (κ3) is 4.71. The number of rotatable bonds is 5. The van der Waals surface area contributed by atoms with E-state index in [0.29, 0.717) is 5.69 Å². The van der Waals surface area contributed by atoms with Gasteiger partial charge in [-0.2, -0.15) is 0 Å². The van der Waals surface area contributed by atoms with E-state index >= 15 is 0 Å². The van der Waals surface area contributed by atoms with Crippen LogP contribution in [-0.2, 0) is 4.79 Å². The molecule has 3 rings (SSSR count). The summed E-state index contributed by atoms with van der Waals surface area (Å²) in [4.78, 5) is 40.8. The lowest BCUT2D eigenvalue weighted by molar-refractivity contribution is -0.127. The smallest absolute Gasteiger partial charge is 0.323 e. The summed E-state index contributed by atoms with van der Waals surface area (Å²) in [6.45, 7) is 0.491. The Bertz CT molecular complexity index is 938. The van der Waals surface area contributed by atoms with Gasteiger partial charge in [-0.3, -0.25) is 14.5 Å². The van der Waals surface area contributed by atoms with Gasteiger partial charge >= 0.3 is 6.03 Å². The SMILES string of the molecule is NCCNC(=O)C1N(C(=O)Nc2ccc(F)cc2)CCN1C(=O)c1cccc(F)c1. The van der Waals surface area contributed by atoms with E-state index in [9.17, 15) is 23.2 Å². The first-order valence-corrected chi connectivity index (χ1v) is 9.28. The van der Waals surface area contributed by atoms with E-state index in [1.54, 1.807) is 0 Å². The molecule has 1 fully saturated rings. The van der Waals surface area contributed by atoms with E-state index < -0.39 is 35.6 Å². The van der Waals surface area contributed by atoms with E-state index in [1.165, 1.54) is 52.3 Å². The molecule has 1 aliphatic heterocycles. The Morgan fingerprint density at radius 3 is 2.37 bits per heavy atom. The highest BCUT2D eigenvalue weighted by Gasteiger charge is 2.43. The van der Waals surface area contributed by atoms with Crippen LogP contribution < -0.4 is 16.4 Å². The Kier molecular flexibility index (Phi) is 6.58. The summed E-state index contributed by atoms with van der Waals surface area (Å²) in [7, 11) is 0. The predicted octanol–water partition coefficient (Wildman–Crippen LogP) is 1.36. The second-order valence-corrected chi connectivity index (χ2v) is 6.59. The van der Waals surface area contributed by atoms with Crippen molar-refractivity contribution in [2.45, 2.75) is 6.17 Å². The van der Waals surface area contributed by atoms with Crippen LogP contribution in [0.1, 0.15) is 10.4 Å². The average Bonchev–Trinajstić information content (AvgIpc) is 3.18. The summed E-state index contributed by atoms with van der Waals surface area (Å²) in [6, 6.07) is 9.58. The van der Waals surface area contributed by atoms with Crippen molar-refractivity contribution < 1.29 is 23.2 Å². The molecule has 30 heavy (non-hydrogen) atoms. The molecular formula is C20H21F2N5O3. The number of amides is 4. The second-order valence-electron chi connectivity index (χ2n) is 6.59. The number of benzene rings is 2. The van der Waals surface area contributed by atoms with Crippen LogP contribution in [0.5, 0.6) is 0 Å². The standard InChI is InChI=1S/C20H21F2N5O3/c21-14-4-6-16(7-5-14)25-20(30)27-11-10-26(18(27)17(28)24-9-8-23)19(29)13-2-1-3-15(22)12-13/h1-7,12,18H,8-11,23H2,(H,24,28)(H,25,30). The van der Waals surface area contributed by atoms with E-state index in [0.717, 1.165) is 6.07 Å². The Labute approximate surface area is 171 Å². The number of halogens is 2. The molecule has 1 atom stereocenters. The minimum Gasteiger partial charge on any atom is -0.351 e. The molecule has 0 spiro atoms. The van der Waals surface area contributed by atoms with Crippen LogP contribution >= 0.6 is 0 Å². The zero-order chi connectivity index (χ0) is 21.7. The molecule has 1 unspecified atom stereocenters. The lowest BCUT2D eigenvalue weighted by atomic mass is 10.2. The Morgan fingerprint density at radius 2 is 1.70 bits per heavy atom. The summed E-state index contributed by atoms with van der Waals surface area (Å²) in [5.41, 5.74) is 5.82. The molecule has 8 nitrogen and oxygen atoms in total. The predicted molar refractivity (Wildman–Crippen MR) is 105 cm³/mol. The van der Waals surface area contributed by atoms with Gasteiger partial charge in [0.1, 0.15) is 11.6 Å². The van der Waals surface area contributed by atoms with Gasteiger partial charge in [-0.05, 0) is 42.5 Å². The molecular weight excluding hydrogens is 396 g/mol. The van der Waals surface area contributed by atoms with Crippen LogP contribution in [0.3, 0.4) is 0 Å². The summed E-state index contributed by atoms with van der Waals surface area (Å²) in [5, 5.41) is 5.15. The highest BCUT2D eigenvalue weighted by Crippen LogP contribution is 2.21. The average molecular weight is 417 g/mol. The molecule has 1 aliphatic rings. The van der Waals surface area contributed by atoms with Gasteiger partial charge in [0.05, 0.1) is 0 Å². The molecule has 10 heteroatoms. The highest BCUT2D eigenvalue weighted by atomic mass is 19.1. The van der Waals surface area contributed by atoms with Crippen molar-refractivity contribution in [1.29, 1.82) is 0 Å². The Balaban J connectivity index is 1.83. The van der Waals surface area contributed by atoms with Crippen LogP contribution in [0.15, 0.2) is 48.5 Å². The quantitative estimate of drug-likeness (QED) is 0.683. The first-order valence-electron chi connectivity index (χ1n) is 9.28. The normalized spacial score (nSPS) is 15.8. The number of hydrogen-bond acceptors (Lipinski definition) is 4. The number of hydrogen-bond donors (Lipinski definition) is 3. The van der Waals surface area contributed by atoms with Crippen molar-refractivity contribution in [3.63, 3.8) is 0 Å². The fourth-order valence-electron chi connectivity index (χ4n) is 3.14. The maximum atomic E-state index is 13.5. The monoisotopic (exact) mass is 417 g/mol. The largest absolute Gasteiger partial charge is 0.351 e. The summed E-state index contributed by atoms with van der Waals surface area (Å²) in [5.74, 6) is -2.22. The molecule has 158 valence electrons. The number of nitrogens with two attached hydrogens (primary N) is 1. The molecule has 2 aromatic carbocycles. The van der Waals surface area contributed by atoms with Crippen LogP contribution in [0, 0.1) is 11.6 Å². The van der Waals surface area contributed by atoms with E-state index in [2.05, 4.69) is 10.6 Å². The van der Waals surface area contributed by atoms with E-state index in [-0.39, 0.29) is 31.7 Å². The Morgan fingerprint density at radius 1 is 1.00 bits per heavy atom. The second kappa shape index (κ2) is 9.31. The third-order valence-electron chi connectivity index (χ3n) is 4.54. The van der Waals surface area contributed by atoms with Gasteiger partial charge in [-0.25, -0.2) is 13.6 Å². The summed E-state index contributed by atoms with van der Waals surface area (Å²) in [6.07, 6.45) is -1.24. The molecule has 2 aromatic rings. The summed E-state index contributed by atoms with van der Waals surface area (Å²) >= 11 is 0. The molecule has 0 radical (unpaired) electrons. The number of urea groups is 1. The molecule has 1 heterocycles. The lowest BCUT2D eigenvalue weighted by Crippen LogP contribution is -2.55. The fraction of sp³-hybridized carbons (Fsp3) is 0.250.